The molecule has 0 aliphatic rings. The van der Waals surface area contributed by atoms with Crippen LogP contribution in [0.5, 0.6) is 0 Å². The number of benzene rings is 1. The summed E-state index contributed by atoms with van der Waals surface area (Å²) in [5.74, 6) is -0.497. The molecule has 0 bridgehead atoms. The predicted molar refractivity (Wildman–Crippen MR) is 81.7 cm³/mol. The number of halogens is 1. The fourth-order valence-electron chi connectivity index (χ4n) is 1.73. The molecule has 0 saturated heterocycles. The molecule has 0 radical (unpaired) electrons. The van der Waals surface area contributed by atoms with E-state index in [0.29, 0.717) is 11.4 Å². The standard InChI is InChI=1S/C15H24FN3O/c1-5-8-17-10-15(20)18-12-6-7-14(13(16)9-12)19(4)11(2)3/h6-7,9,11,17H,5,8,10H2,1-4H3,(H,18,20). The molecule has 0 spiro atoms. The van der Waals surface area contributed by atoms with Crippen LogP contribution in [0.3, 0.4) is 0 Å². The number of nitrogens with one attached hydrogen (secondary N) is 2. The van der Waals surface area contributed by atoms with Crippen molar-refractivity contribution in [3.63, 3.8) is 0 Å². The molecular weight excluding hydrogens is 257 g/mol. The summed E-state index contributed by atoms with van der Waals surface area (Å²) in [6.45, 7) is 7.05. The van der Waals surface area contributed by atoms with Crippen LogP contribution in [0.4, 0.5) is 15.8 Å². The summed E-state index contributed by atoms with van der Waals surface area (Å²) in [6.07, 6.45) is 0.970. The minimum atomic E-state index is -0.333. The summed E-state index contributed by atoms with van der Waals surface area (Å²) in [6, 6.07) is 4.97. The van der Waals surface area contributed by atoms with E-state index in [-0.39, 0.29) is 24.3 Å². The van der Waals surface area contributed by atoms with Crippen molar-refractivity contribution < 1.29 is 9.18 Å². The Labute approximate surface area is 120 Å². The van der Waals surface area contributed by atoms with Crippen LogP contribution in [0.1, 0.15) is 27.2 Å². The average Bonchev–Trinajstić information content (AvgIpc) is 2.38. The van der Waals surface area contributed by atoms with Crippen LogP contribution in [-0.4, -0.2) is 32.1 Å². The van der Waals surface area contributed by atoms with Crippen molar-refractivity contribution >= 4 is 17.3 Å². The van der Waals surface area contributed by atoms with Gasteiger partial charge in [0.1, 0.15) is 5.82 Å². The van der Waals surface area contributed by atoms with Gasteiger partial charge in [0.05, 0.1) is 12.2 Å². The highest BCUT2D eigenvalue weighted by atomic mass is 19.1. The Morgan fingerprint density at radius 2 is 2.10 bits per heavy atom. The first-order valence-electron chi connectivity index (χ1n) is 6.98. The zero-order valence-electron chi connectivity index (χ0n) is 12.7. The Bertz CT molecular complexity index is 449. The normalized spacial score (nSPS) is 10.7. The Kier molecular flexibility index (Phi) is 6.45. The van der Waals surface area contributed by atoms with Gasteiger partial charge in [-0.3, -0.25) is 4.79 Å². The Morgan fingerprint density at radius 3 is 2.65 bits per heavy atom. The van der Waals surface area contributed by atoms with Gasteiger partial charge in [0.2, 0.25) is 5.91 Å². The van der Waals surface area contributed by atoms with Crippen LogP contribution in [0.2, 0.25) is 0 Å². The maximum absolute atomic E-state index is 14.0. The van der Waals surface area contributed by atoms with Crippen LogP contribution in [0.15, 0.2) is 18.2 Å². The molecule has 4 nitrogen and oxygen atoms in total. The van der Waals surface area contributed by atoms with E-state index in [9.17, 15) is 9.18 Å². The van der Waals surface area contributed by atoms with Gasteiger partial charge in [0.15, 0.2) is 0 Å². The van der Waals surface area contributed by atoms with Gasteiger partial charge in [-0.25, -0.2) is 4.39 Å². The van der Waals surface area contributed by atoms with E-state index in [1.807, 2.05) is 32.7 Å². The average molecular weight is 281 g/mol. The van der Waals surface area contributed by atoms with E-state index in [1.165, 1.54) is 6.07 Å². The number of carbonyl (C=O) groups excluding carboxylic acids is 1. The molecule has 1 aromatic rings. The number of nitrogens with zero attached hydrogens (tertiary/aromatic N) is 1. The summed E-state index contributed by atoms with van der Waals surface area (Å²) in [5.41, 5.74) is 1.01. The monoisotopic (exact) mass is 281 g/mol. The van der Waals surface area contributed by atoms with Gasteiger partial charge in [-0.05, 0) is 45.0 Å². The Balaban J connectivity index is 2.65. The molecule has 0 aliphatic carbocycles. The third kappa shape index (κ3) is 4.81. The highest BCUT2D eigenvalue weighted by molar-refractivity contribution is 5.92. The number of amides is 1. The zero-order chi connectivity index (χ0) is 15.1. The lowest BCUT2D eigenvalue weighted by Gasteiger charge is -2.24. The largest absolute Gasteiger partial charge is 0.370 e. The molecule has 0 unspecified atom stereocenters. The van der Waals surface area contributed by atoms with Gasteiger partial charge in [-0.2, -0.15) is 0 Å². The number of hydrogen-bond donors (Lipinski definition) is 2. The van der Waals surface area contributed by atoms with Crippen molar-refractivity contribution in [3.8, 4) is 0 Å². The molecule has 2 N–H and O–H groups in total. The van der Waals surface area contributed by atoms with Crippen LogP contribution < -0.4 is 15.5 Å². The highest BCUT2D eigenvalue weighted by Crippen LogP contribution is 2.23. The van der Waals surface area contributed by atoms with Gasteiger partial charge in [-0.1, -0.05) is 6.92 Å². The second-order valence-corrected chi connectivity index (χ2v) is 5.10. The van der Waals surface area contributed by atoms with E-state index >= 15 is 0 Å². The summed E-state index contributed by atoms with van der Waals surface area (Å²) < 4.78 is 14.0. The predicted octanol–water partition coefficient (Wildman–Crippen LogP) is 2.61. The summed E-state index contributed by atoms with van der Waals surface area (Å²) in [7, 11) is 1.84. The molecule has 0 saturated carbocycles. The Morgan fingerprint density at radius 1 is 1.40 bits per heavy atom. The SMILES string of the molecule is CCCNCC(=O)Nc1ccc(N(C)C(C)C)c(F)c1. The van der Waals surface area contributed by atoms with Crippen molar-refractivity contribution in [1.82, 2.24) is 5.32 Å². The summed E-state index contributed by atoms with van der Waals surface area (Å²) in [5, 5.41) is 5.68. The fourth-order valence-corrected chi connectivity index (χ4v) is 1.73. The molecule has 1 aromatic carbocycles. The van der Waals surface area contributed by atoms with Gasteiger partial charge in [0, 0.05) is 18.8 Å². The topological polar surface area (TPSA) is 44.4 Å². The summed E-state index contributed by atoms with van der Waals surface area (Å²) >= 11 is 0. The second kappa shape index (κ2) is 7.85. The number of carbonyl (C=O) groups is 1. The first-order chi connectivity index (χ1) is 9.45. The maximum atomic E-state index is 14.0. The minimum absolute atomic E-state index is 0.164. The Hall–Kier alpha value is -1.62. The number of hydrogen-bond acceptors (Lipinski definition) is 3. The maximum Gasteiger partial charge on any atom is 0.238 e. The zero-order valence-corrected chi connectivity index (χ0v) is 12.7. The molecule has 0 aliphatic heterocycles. The molecule has 0 heterocycles. The minimum Gasteiger partial charge on any atom is -0.370 e. The quantitative estimate of drug-likeness (QED) is 0.755. The van der Waals surface area contributed by atoms with Gasteiger partial charge < -0.3 is 15.5 Å². The van der Waals surface area contributed by atoms with Gasteiger partial charge >= 0.3 is 0 Å². The summed E-state index contributed by atoms with van der Waals surface area (Å²) in [4.78, 5) is 13.5. The lowest BCUT2D eigenvalue weighted by molar-refractivity contribution is -0.115. The van der Waals surface area contributed by atoms with E-state index < -0.39 is 0 Å². The third-order valence-electron chi connectivity index (χ3n) is 3.10. The van der Waals surface area contributed by atoms with E-state index in [4.69, 9.17) is 0 Å². The number of rotatable bonds is 7. The first-order valence-corrected chi connectivity index (χ1v) is 6.98. The van der Waals surface area contributed by atoms with Crippen LogP contribution in [0, 0.1) is 5.82 Å². The van der Waals surface area contributed by atoms with Crippen LogP contribution in [0.25, 0.3) is 0 Å². The smallest absolute Gasteiger partial charge is 0.238 e. The van der Waals surface area contributed by atoms with Crippen molar-refractivity contribution in [3.05, 3.63) is 24.0 Å². The van der Waals surface area contributed by atoms with Crippen molar-refractivity contribution in [2.75, 3.05) is 30.4 Å². The third-order valence-corrected chi connectivity index (χ3v) is 3.10. The first kappa shape index (κ1) is 16.4. The molecule has 1 rings (SSSR count). The van der Waals surface area contributed by atoms with E-state index in [0.717, 1.165) is 13.0 Å². The number of anilines is 2. The molecular formula is C15H24FN3O. The molecule has 0 aromatic heterocycles. The fraction of sp³-hybridized carbons (Fsp3) is 0.533. The molecule has 5 heteroatoms. The van der Waals surface area contributed by atoms with Crippen molar-refractivity contribution in [2.24, 2.45) is 0 Å². The molecule has 0 fully saturated rings. The van der Waals surface area contributed by atoms with Crippen molar-refractivity contribution in [1.29, 1.82) is 0 Å². The van der Waals surface area contributed by atoms with Crippen molar-refractivity contribution in [2.45, 2.75) is 33.2 Å². The van der Waals surface area contributed by atoms with E-state index in [1.54, 1.807) is 12.1 Å². The molecule has 20 heavy (non-hydrogen) atoms. The highest BCUT2D eigenvalue weighted by Gasteiger charge is 2.11. The molecule has 1 amide bonds. The molecule has 112 valence electrons. The van der Waals surface area contributed by atoms with Crippen LogP contribution in [-0.2, 0) is 4.79 Å². The van der Waals surface area contributed by atoms with Gasteiger partial charge in [0.25, 0.3) is 0 Å². The molecule has 0 atom stereocenters. The second-order valence-electron chi connectivity index (χ2n) is 5.10. The lowest BCUT2D eigenvalue weighted by Crippen LogP contribution is -2.29. The lowest BCUT2D eigenvalue weighted by atomic mass is 10.2. The van der Waals surface area contributed by atoms with Gasteiger partial charge in [-0.15, -0.1) is 0 Å². The van der Waals surface area contributed by atoms with E-state index in [2.05, 4.69) is 10.6 Å². The van der Waals surface area contributed by atoms with Crippen LogP contribution >= 0.6 is 0 Å².